The van der Waals surface area contributed by atoms with Crippen LogP contribution in [0, 0.1) is 18.3 Å². The maximum absolute atomic E-state index is 9.62. The summed E-state index contributed by atoms with van der Waals surface area (Å²) in [6.45, 7) is 1.88. The zero-order chi connectivity index (χ0) is 18.7. The van der Waals surface area contributed by atoms with Crippen molar-refractivity contribution in [1.29, 1.82) is 5.26 Å². The van der Waals surface area contributed by atoms with E-state index in [9.17, 15) is 5.26 Å². The van der Waals surface area contributed by atoms with Crippen LogP contribution < -0.4 is 9.64 Å². The minimum absolute atomic E-state index is 0.611. The van der Waals surface area contributed by atoms with Crippen molar-refractivity contribution in [3.8, 4) is 34.2 Å². The molecule has 0 amide bonds. The summed E-state index contributed by atoms with van der Waals surface area (Å²) in [5.74, 6) is 0.804. The van der Waals surface area contributed by atoms with E-state index in [4.69, 9.17) is 4.74 Å². The summed E-state index contributed by atoms with van der Waals surface area (Å²) in [4.78, 5) is 6.68. The van der Waals surface area contributed by atoms with E-state index < -0.39 is 0 Å². The zero-order valence-electron chi connectivity index (χ0n) is 15.4. The van der Waals surface area contributed by atoms with Gasteiger partial charge in [-0.15, -0.1) is 0 Å². The molecule has 26 heavy (non-hydrogen) atoms. The third-order valence-corrected chi connectivity index (χ3v) is 4.39. The fourth-order valence-electron chi connectivity index (χ4n) is 2.89. The van der Waals surface area contributed by atoms with Crippen LogP contribution in [0.3, 0.4) is 0 Å². The van der Waals surface area contributed by atoms with E-state index in [-0.39, 0.29) is 0 Å². The number of anilines is 1. The van der Waals surface area contributed by atoms with Crippen LogP contribution in [-0.4, -0.2) is 26.2 Å². The number of benzene rings is 2. The summed E-state index contributed by atoms with van der Waals surface area (Å²) >= 11 is 0. The summed E-state index contributed by atoms with van der Waals surface area (Å²) in [7, 11) is 5.66. The summed E-state index contributed by atoms with van der Waals surface area (Å²) in [6, 6.07) is 20.3. The highest BCUT2D eigenvalue weighted by Crippen LogP contribution is 2.31. The van der Waals surface area contributed by atoms with Crippen LogP contribution in [0.4, 0.5) is 5.69 Å². The van der Waals surface area contributed by atoms with Crippen molar-refractivity contribution in [2.75, 3.05) is 26.1 Å². The maximum Gasteiger partial charge on any atom is 0.118 e. The molecule has 0 aliphatic heterocycles. The van der Waals surface area contributed by atoms with E-state index in [0.29, 0.717) is 5.56 Å². The Morgan fingerprint density at radius 2 is 1.58 bits per heavy atom. The summed E-state index contributed by atoms with van der Waals surface area (Å²) in [5.41, 5.74) is 6.20. The number of pyridine rings is 1. The summed E-state index contributed by atoms with van der Waals surface area (Å²) in [6.07, 6.45) is 0. The lowest BCUT2D eigenvalue weighted by molar-refractivity contribution is 0.415. The van der Waals surface area contributed by atoms with Crippen molar-refractivity contribution < 1.29 is 4.74 Å². The van der Waals surface area contributed by atoms with Gasteiger partial charge in [-0.05, 0) is 55.0 Å². The van der Waals surface area contributed by atoms with E-state index in [1.807, 2.05) is 63.5 Å². The Labute approximate surface area is 154 Å². The van der Waals surface area contributed by atoms with E-state index >= 15 is 0 Å². The van der Waals surface area contributed by atoms with Crippen LogP contribution in [0.1, 0.15) is 11.3 Å². The quantitative estimate of drug-likeness (QED) is 0.691. The molecule has 3 rings (SSSR count). The molecule has 0 unspecified atom stereocenters. The van der Waals surface area contributed by atoms with Crippen molar-refractivity contribution >= 4 is 5.69 Å². The number of aryl methyl sites for hydroxylation is 1. The third kappa shape index (κ3) is 3.38. The lowest BCUT2D eigenvalue weighted by Crippen LogP contribution is -2.08. The lowest BCUT2D eigenvalue weighted by atomic mass is 9.97. The van der Waals surface area contributed by atoms with E-state index in [1.165, 1.54) is 0 Å². The minimum atomic E-state index is 0.611. The molecule has 0 atom stereocenters. The molecule has 0 saturated carbocycles. The Hall–Kier alpha value is -3.32. The lowest BCUT2D eigenvalue weighted by Gasteiger charge is -2.14. The zero-order valence-corrected chi connectivity index (χ0v) is 15.4. The molecule has 0 N–H and O–H groups in total. The van der Waals surface area contributed by atoms with Crippen LogP contribution in [0.25, 0.3) is 22.4 Å². The molecule has 0 spiro atoms. The van der Waals surface area contributed by atoms with Crippen molar-refractivity contribution in [1.82, 2.24) is 4.98 Å². The molecule has 4 nitrogen and oxygen atoms in total. The number of aromatic nitrogens is 1. The second-order valence-electron chi connectivity index (χ2n) is 6.30. The van der Waals surface area contributed by atoms with E-state index in [1.54, 1.807) is 7.11 Å². The van der Waals surface area contributed by atoms with Crippen LogP contribution in [-0.2, 0) is 0 Å². The fraction of sp³-hybridized carbons (Fsp3) is 0.182. The van der Waals surface area contributed by atoms with Gasteiger partial charge in [-0.2, -0.15) is 5.26 Å². The standard InChI is InChI=1S/C22H21N3O/c1-15-21(14-23)20(16-5-9-18(10-6-16)25(2)3)13-22(24-15)17-7-11-19(26-4)12-8-17/h5-13H,1-4H3. The van der Waals surface area contributed by atoms with Crippen LogP contribution >= 0.6 is 0 Å². The van der Waals surface area contributed by atoms with Crippen LogP contribution in [0.15, 0.2) is 54.6 Å². The monoisotopic (exact) mass is 343 g/mol. The fourth-order valence-corrected chi connectivity index (χ4v) is 2.89. The van der Waals surface area contributed by atoms with Gasteiger partial charge in [-0.3, -0.25) is 4.98 Å². The molecule has 1 aromatic heterocycles. The largest absolute Gasteiger partial charge is 0.497 e. The predicted octanol–water partition coefficient (Wildman–Crippen LogP) is 4.67. The van der Waals surface area contributed by atoms with Gasteiger partial charge in [0.15, 0.2) is 0 Å². The van der Waals surface area contributed by atoms with Crippen LogP contribution in [0.2, 0.25) is 0 Å². The first kappa shape index (κ1) is 17.5. The molecule has 1 heterocycles. The van der Waals surface area contributed by atoms with Gasteiger partial charge in [0.2, 0.25) is 0 Å². The number of rotatable bonds is 4. The third-order valence-electron chi connectivity index (χ3n) is 4.39. The molecule has 0 radical (unpaired) electrons. The topological polar surface area (TPSA) is 49.1 Å². The number of nitrogens with zero attached hydrogens (tertiary/aromatic N) is 3. The summed E-state index contributed by atoms with van der Waals surface area (Å²) < 4.78 is 5.22. The predicted molar refractivity (Wildman–Crippen MR) is 105 cm³/mol. The molecular formula is C22H21N3O. The molecule has 0 fully saturated rings. The molecule has 0 saturated heterocycles. The average Bonchev–Trinajstić information content (AvgIpc) is 2.67. The van der Waals surface area contributed by atoms with Gasteiger partial charge in [0, 0.05) is 30.9 Å². The van der Waals surface area contributed by atoms with Crippen LogP contribution in [0.5, 0.6) is 5.75 Å². The smallest absolute Gasteiger partial charge is 0.118 e. The molecule has 0 aliphatic rings. The van der Waals surface area contributed by atoms with Gasteiger partial charge in [-0.1, -0.05) is 12.1 Å². The van der Waals surface area contributed by atoms with E-state index in [0.717, 1.165) is 39.5 Å². The van der Waals surface area contributed by atoms with Crippen molar-refractivity contribution in [2.24, 2.45) is 0 Å². The first-order valence-corrected chi connectivity index (χ1v) is 8.37. The molecule has 4 heteroatoms. The average molecular weight is 343 g/mol. The Morgan fingerprint density at radius 3 is 2.12 bits per heavy atom. The minimum Gasteiger partial charge on any atom is -0.497 e. The first-order chi connectivity index (χ1) is 12.5. The normalized spacial score (nSPS) is 10.3. The Kier molecular flexibility index (Phi) is 4.90. The van der Waals surface area contributed by atoms with Crippen molar-refractivity contribution in [3.05, 3.63) is 65.9 Å². The highest BCUT2D eigenvalue weighted by molar-refractivity contribution is 5.77. The Morgan fingerprint density at radius 1 is 0.962 bits per heavy atom. The number of ether oxygens (including phenoxy) is 1. The number of hydrogen-bond acceptors (Lipinski definition) is 4. The Bertz CT molecular complexity index is 952. The highest BCUT2D eigenvalue weighted by atomic mass is 16.5. The van der Waals surface area contributed by atoms with E-state index in [2.05, 4.69) is 28.1 Å². The number of methoxy groups -OCH3 is 1. The maximum atomic E-state index is 9.62. The second-order valence-corrected chi connectivity index (χ2v) is 6.30. The first-order valence-electron chi connectivity index (χ1n) is 8.37. The molecule has 0 bridgehead atoms. The molecule has 0 aliphatic carbocycles. The molecule has 130 valence electrons. The van der Waals surface area contributed by atoms with Crippen molar-refractivity contribution in [2.45, 2.75) is 6.92 Å². The van der Waals surface area contributed by atoms with Gasteiger partial charge >= 0.3 is 0 Å². The molecule has 2 aromatic carbocycles. The van der Waals surface area contributed by atoms with Gasteiger partial charge in [0.25, 0.3) is 0 Å². The van der Waals surface area contributed by atoms with Gasteiger partial charge in [-0.25, -0.2) is 0 Å². The number of nitriles is 1. The van der Waals surface area contributed by atoms with Gasteiger partial charge < -0.3 is 9.64 Å². The Balaban J connectivity index is 2.11. The van der Waals surface area contributed by atoms with Gasteiger partial charge in [0.05, 0.1) is 24.1 Å². The molecular weight excluding hydrogens is 322 g/mol. The second kappa shape index (κ2) is 7.28. The summed E-state index contributed by atoms with van der Waals surface area (Å²) in [5, 5.41) is 9.62. The van der Waals surface area contributed by atoms with Gasteiger partial charge in [0.1, 0.15) is 11.8 Å². The van der Waals surface area contributed by atoms with Crippen molar-refractivity contribution in [3.63, 3.8) is 0 Å². The highest BCUT2D eigenvalue weighted by Gasteiger charge is 2.13. The molecule has 3 aromatic rings. The SMILES string of the molecule is COc1ccc(-c2cc(-c3ccc(N(C)C)cc3)c(C#N)c(C)n2)cc1. The number of hydrogen-bond donors (Lipinski definition) is 0.